The van der Waals surface area contributed by atoms with Gasteiger partial charge in [-0.05, 0) is 68.7 Å². The summed E-state index contributed by atoms with van der Waals surface area (Å²) in [5.74, 6) is 0.367. The van der Waals surface area contributed by atoms with Gasteiger partial charge in [0.1, 0.15) is 0 Å². The van der Waals surface area contributed by atoms with E-state index in [9.17, 15) is 13.2 Å². The highest BCUT2D eigenvalue weighted by Gasteiger charge is 2.34. The Labute approximate surface area is 158 Å². The number of rotatable bonds is 5. The average molecular weight is 381 g/mol. The lowest BCUT2D eigenvalue weighted by Gasteiger charge is -2.32. The van der Waals surface area contributed by atoms with Crippen LogP contribution in [0.4, 0.5) is 0 Å². The predicted octanol–water partition coefficient (Wildman–Crippen LogP) is 3.09. The quantitative estimate of drug-likeness (QED) is 0.854. The molecule has 0 aliphatic carbocycles. The molecular formula is C20H32N2O3S. The highest BCUT2D eigenvalue weighted by molar-refractivity contribution is 7.89. The van der Waals surface area contributed by atoms with Gasteiger partial charge in [0.2, 0.25) is 15.9 Å². The Morgan fingerprint density at radius 3 is 2.08 bits per heavy atom. The van der Waals surface area contributed by atoms with E-state index in [2.05, 4.69) is 19.2 Å². The smallest absolute Gasteiger partial charge is 0.243 e. The molecule has 0 atom stereocenters. The lowest BCUT2D eigenvalue weighted by atomic mass is 9.97. The molecule has 1 saturated heterocycles. The van der Waals surface area contributed by atoms with Crippen LogP contribution >= 0.6 is 0 Å². The van der Waals surface area contributed by atoms with Gasteiger partial charge in [-0.15, -0.1) is 0 Å². The van der Waals surface area contributed by atoms with Crippen LogP contribution in [0.25, 0.3) is 0 Å². The number of hydrogen-bond acceptors (Lipinski definition) is 3. The van der Waals surface area contributed by atoms with E-state index in [1.165, 1.54) is 0 Å². The average Bonchev–Trinajstić information content (AvgIpc) is 2.58. The summed E-state index contributed by atoms with van der Waals surface area (Å²) in [6.45, 7) is 13.2. The van der Waals surface area contributed by atoms with Crippen molar-refractivity contribution in [1.82, 2.24) is 9.62 Å². The third-order valence-corrected chi connectivity index (χ3v) is 7.58. The van der Waals surface area contributed by atoms with Crippen molar-refractivity contribution in [2.45, 2.75) is 59.3 Å². The van der Waals surface area contributed by atoms with E-state index < -0.39 is 10.0 Å². The van der Waals surface area contributed by atoms with Gasteiger partial charge in [0, 0.05) is 25.6 Å². The van der Waals surface area contributed by atoms with Gasteiger partial charge in [-0.2, -0.15) is 4.31 Å². The number of aryl methyl sites for hydroxylation is 2. The van der Waals surface area contributed by atoms with Gasteiger partial charge in [0.25, 0.3) is 0 Å². The SMILES string of the molecule is Cc1cc(C)c(C)c(S(=O)(=O)N2CCC(C(=O)NCC(C)C)CC2)c1C. The predicted molar refractivity (Wildman–Crippen MR) is 105 cm³/mol. The fourth-order valence-electron chi connectivity index (χ4n) is 3.50. The molecule has 5 nitrogen and oxygen atoms in total. The van der Waals surface area contributed by atoms with Crippen LogP contribution in [0.1, 0.15) is 48.9 Å². The number of amides is 1. The number of benzene rings is 1. The Kier molecular flexibility index (Phi) is 6.51. The lowest BCUT2D eigenvalue weighted by molar-refractivity contribution is -0.126. The Morgan fingerprint density at radius 1 is 1.12 bits per heavy atom. The molecule has 146 valence electrons. The Hall–Kier alpha value is -1.40. The zero-order chi connectivity index (χ0) is 19.6. The van der Waals surface area contributed by atoms with Crippen molar-refractivity contribution in [2.24, 2.45) is 11.8 Å². The van der Waals surface area contributed by atoms with Crippen LogP contribution in [0.15, 0.2) is 11.0 Å². The summed E-state index contributed by atoms with van der Waals surface area (Å²) in [6.07, 6.45) is 1.15. The summed E-state index contributed by atoms with van der Waals surface area (Å²) in [4.78, 5) is 12.7. The van der Waals surface area contributed by atoms with E-state index in [0.29, 0.717) is 43.3 Å². The minimum absolute atomic E-state index is 0.0505. The van der Waals surface area contributed by atoms with E-state index in [1.807, 2.05) is 33.8 Å². The van der Waals surface area contributed by atoms with Gasteiger partial charge in [-0.3, -0.25) is 4.79 Å². The lowest BCUT2D eigenvalue weighted by Crippen LogP contribution is -2.43. The third-order valence-electron chi connectivity index (χ3n) is 5.40. The molecule has 2 rings (SSSR count). The monoisotopic (exact) mass is 380 g/mol. The van der Waals surface area contributed by atoms with Gasteiger partial charge < -0.3 is 5.32 Å². The maximum absolute atomic E-state index is 13.3. The fraction of sp³-hybridized carbons (Fsp3) is 0.650. The zero-order valence-electron chi connectivity index (χ0n) is 16.8. The molecule has 1 heterocycles. The molecule has 0 aromatic heterocycles. The first-order valence-corrected chi connectivity index (χ1v) is 10.8. The largest absolute Gasteiger partial charge is 0.356 e. The summed E-state index contributed by atoms with van der Waals surface area (Å²) < 4.78 is 28.0. The zero-order valence-corrected chi connectivity index (χ0v) is 17.7. The molecule has 1 aromatic rings. The molecule has 6 heteroatoms. The van der Waals surface area contributed by atoms with Gasteiger partial charge >= 0.3 is 0 Å². The fourth-order valence-corrected chi connectivity index (χ4v) is 5.55. The molecule has 1 aliphatic rings. The van der Waals surface area contributed by atoms with Crippen LogP contribution in [-0.2, 0) is 14.8 Å². The van der Waals surface area contributed by atoms with Crippen LogP contribution in [0.5, 0.6) is 0 Å². The highest BCUT2D eigenvalue weighted by atomic mass is 32.2. The van der Waals surface area contributed by atoms with Crippen LogP contribution in [0.2, 0.25) is 0 Å². The molecule has 0 spiro atoms. The number of nitrogens with one attached hydrogen (secondary N) is 1. The Morgan fingerprint density at radius 2 is 1.62 bits per heavy atom. The van der Waals surface area contributed by atoms with Crippen LogP contribution in [0.3, 0.4) is 0 Å². The molecule has 0 bridgehead atoms. The summed E-state index contributed by atoms with van der Waals surface area (Å²) in [6, 6.07) is 2.04. The first kappa shape index (κ1) is 20.9. The topological polar surface area (TPSA) is 66.5 Å². The summed E-state index contributed by atoms with van der Waals surface area (Å²) in [7, 11) is -3.54. The standard InChI is InChI=1S/C20H32N2O3S/c1-13(2)12-21-20(23)18-7-9-22(10-8-18)26(24,25)19-16(5)14(3)11-15(4)17(19)6/h11,13,18H,7-10,12H2,1-6H3,(H,21,23). The van der Waals surface area contributed by atoms with Crippen molar-refractivity contribution >= 4 is 15.9 Å². The van der Waals surface area contributed by atoms with Gasteiger partial charge in [-0.1, -0.05) is 19.9 Å². The van der Waals surface area contributed by atoms with E-state index in [4.69, 9.17) is 0 Å². The van der Waals surface area contributed by atoms with Gasteiger partial charge in [0.05, 0.1) is 4.90 Å². The number of piperidine rings is 1. The van der Waals surface area contributed by atoms with Crippen LogP contribution in [0, 0.1) is 39.5 Å². The first-order valence-electron chi connectivity index (χ1n) is 9.41. The molecule has 0 radical (unpaired) electrons. The number of carbonyl (C=O) groups excluding carboxylic acids is 1. The van der Waals surface area contributed by atoms with E-state index in [0.717, 1.165) is 22.3 Å². The molecule has 1 amide bonds. The second-order valence-corrected chi connectivity index (χ2v) is 9.78. The van der Waals surface area contributed by atoms with Crippen molar-refractivity contribution in [3.05, 3.63) is 28.3 Å². The van der Waals surface area contributed by atoms with Crippen LogP contribution < -0.4 is 5.32 Å². The highest BCUT2D eigenvalue weighted by Crippen LogP contribution is 2.31. The van der Waals surface area contributed by atoms with Crippen molar-refractivity contribution < 1.29 is 13.2 Å². The maximum atomic E-state index is 13.3. The normalized spacial score (nSPS) is 16.9. The Bertz CT molecular complexity index is 750. The third kappa shape index (κ3) is 4.29. The summed E-state index contributed by atoms with van der Waals surface area (Å²) >= 11 is 0. The Balaban J connectivity index is 2.15. The number of hydrogen-bond donors (Lipinski definition) is 1. The second-order valence-electron chi connectivity index (χ2n) is 7.91. The molecular weight excluding hydrogens is 348 g/mol. The van der Waals surface area contributed by atoms with Crippen LogP contribution in [-0.4, -0.2) is 38.3 Å². The molecule has 26 heavy (non-hydrogen) atoms. The second kappa shape index (κ2) is 8.09. The molecule has 1 fully saturated rings. The van der Waals surface area contributed by atoms with Crippen molar-refractivity contribution in [2.75, 3.05) is 19.6 Å². The van der Waals surface area contributed by atoms with E-state index >= 15 is 0 Å². The minimum atomic E-state index is -3.54. The minimum Gasteiger partial charge on any atom is -0.356 e. The molecule has 1 aromatic carbocycles. The molecule has 0 unspecified atom stereocenters. The van der Waals surface area contributed by atoms with Crippen molar-refractivity contribution in [1.29, 1.82) is 0 Å². The number of sulfonamides is 1. The number of carbonyl (C=O) groups is 1. The summed E-state index contributed by atoms with van der Waals surface area (Å²) in [5, 5.41) is 2.96. The molecule has 1 N–H and O–H groups in total. The van der Waals surface area contributed by atoms with E-state index in [-0.39, 0.29) is 11.8 Å². The van der Waals surface area contributed by atoms with Crippen molar-refractivity contribution in [3.63, 3.8) is 0 Å². The number of nitrogens with zero attached hydrogens (tertiary/aromatic N) is 1. The maximum Gasteiger partial charge on any atom is 0.243 e. The van der Waals surface area contributed by atoms with Crippen molar-refractivity contribution in [3.8, 4) is 0 Å². The van der Waals surface area contributed by atoms with Gasteiger partial charge in [0.15, 0.2) is 0 Å². The molecule has 0 saturated carbocycles. The first-order chi connectivity index (χ1) is 12.1. The van der Waals surface area contributed by atoms with Gasteiger partial charge in [-0.25, -0.2) is 8.42 Å². The summed E-state index contributed by atoms with van der Waals surface area (Å²) in [5.41, 5.74) is 3.64. The van der Waals surface area contributed by atoms with E-state index in [1.54, 1.807) is 4.31 Å². The molecule has 1 aliphatic heterocycles.